The molecule has 14 nitrogen and oxygen atoms in total. The largest absolute Gasteiger partial charge is 0.467 e. The third kappa shape index (κ3) is 50.6. The number of para-hydroxylation sites is 2. The third-order valence-electron chi connectivity index (χ3n) is 14.6. The fourth-order valence-corrected chi connectivity index (χ4v) is 11.2. The standard InChI is InChI=1S/C16H14.2C11H11N.C10H10N2.C6H9N3.3C6H8N2.C6H8O.C6H8S.10C2H6/c1-11-3-7-15-13(9-11)5-6-14-10-12(2)4-8-16(14)15;1-8-7-10-5-3-4-6-11(10)9(2)12-8;1-8-7-9(2)12-11-6-4-3-5-10(8)11;1-7-9-5-3-4-6-10(9)12-8(2)11-7;1-4-7-5(2)9-6(3)8-4;1-5-3-7-4-6(2)8-5;1-5-3-6(2)8-4-7-5;1-5-3-4-7-6(2)8-5;2*1-5-3-4-6(2)7-5;10*1-2/h3-10H,1-2H3;2*3-7H,1-2H3;3-6H,1-2H3;1-3H3;3*3-4H,1-2H3;2*3-4H,1-2H3;10*1-2H3. The molecule has 6 aromatic carbocycles. The highest BCUT2D eigenvalue weighted by Gasteiger charge is 2.03. The summed E-state index contributed by atoms with van der Waals surface area (Å²) >= 11 is 1.84. The molecule has 9 heterocycles. The van der Waals surface area contributed by atoms with Crippen molar-refractivity contribution >= 4 is 65.5 Å². The van der Waals surface area contributed by atoms with Crippen LogP contribution in [0, 0.1) is 145 Å². The molecule has 0 aliphatic heterocycles. The molecule has 0 bridgehead atoms. The lowest BCUT2D eigenvalue weighted by atomic mass is 9.99. The summed E-state index contributed by atoms with van der Waals surface area (Å²) in [4.78, 5) is 56.2. The first-order valence-electron chi connectivity index (χ1n) is 42.9. The Labute approximate surface area is 727 Å². The number of pyridine rings is 2. The molecule has 15 rings (SSSR count). The Morgan fingerprint density at radius 2 is 0.630 bits per heavy atom. The zero-order valence-corrected chi connectivity index (χ0v) is 82.4. The van der Waals surface area contributed by atoms with Gasteiger partial charge in [-0.1, -0.05) is 259 Å². The summed E-state index contributed by atoms with van der Waals surface area (Å²) in [7, 11) is 0. The maximum absolute atomic E-state index is 5.08. The highest BCUT2D eigenvalue weighted by molar-refractivity contribution is 7.11. The summed E-state index contributed by atoms with van der Waals surface area (Å²) < 4.78 is 5.08. The molecule has 9 aromatic heterocycles. The Morgan fingerprint density at radius 3 is 1.00 bits per heavy atom. The summed E-state index contributed by atoms with van der Waals surface area (Å²) in [5.74, 6) is 6.02. The normalized spacial score (nSPS) is 8.88. The van der Waals surface area contributed by atoms with Crippen molar-refractivity contribution in [3.05, 3.63) is 313 Å². The van der Waals surface area contributed by atoms with Gasteiger partial charge in [0.2, 0.25) is 0 Å². The van der Waals surface area contributed by atoms with Gasteiger partial charge in [0, 0.05) is 84.4 Å². The summed E-state index contributed by atoms with van der Waals surface area (Å²) in [6.07, 6.45) is 6.82. The topological polar surface area (TPSA) is 181 Å². The number of rotatable bonds is 0. The Morgan fingerprint density at radius 1 is 0.244 bits per heavy atom. The third-order valence-corrected chi connectivity index (χ3v) is 15.5. The molecular formula is C104H155N13OS. The van der Waals surface area contributed by atoms with Crippen LogP contribution in [0.25, 0.3) is 54.1 Å². The molecule has 0 spiro atoms. The van der Waals surface area contributed by atoms with Crippen molar-refractivity contribution in [1.29, 1.82) is 0 Å². The second-order valence-electron chi connectivity index (χ2n) is 24.2. The van der Waals surface area contributed by atoms with Crippen molar-refractivity contribution in [2.75, 3.05) is 0 Å². The summed E-state index contributed by atoms with van der Waals surface area (Å²) in [6, 6.07) is 58.6. The molecule has 0 unspecified atom stereocenters. The Balaban J connectivity index is -0.000000398. The van der Waals surface area contributed by atoms with Crippen LogP contribution < -0.4 is 0 Å². The van der Waals surface area contributed by atoms with Gasteiger partial charge < -0.3 is 4.42 Å². The molecule has 0 atom stereocenters. The maximum atomic E-state index is 5.08. The predicted octanol–water partition coefficient (Wildman–Crippen LogP) is 31.2. The minimum Gasteiger partial charge on any atom is -0.467 e. The minimum absolute atomic E-state index is 0.792. The van der Waals surface area contributed by atoms with E-state index < -0.39 is 0 Å². The van der Waals surface area contributed by atoms with Crippen LogP contribution in [0.1, 0.15) is 257 Å². The number of aryl methyl sites for hydroxylation is 21. The predicted molar refractivity (Wildman–Crippen MR) is 526 cm³/mol. The zero-order valence-electron chi connectivity index (χ0n) is 81.6. The van der Waals surface area contributed by atoms with Crippen molar-refractivity contribution in [1.82, 2.24) is 64.8 Å². The molecule has 0 aliphatic carbocycles. The van der Waals surface area contributed by atoms with Gasteiger partial charge in [0.05, 0.1) is 22.4 Å². The van der Waals surface area contributed by atoms with E-state index in [9.17, 15) is 0 Å². The lowest BCUT2D eigenvalue weighted by Gasteiger charge is -2.05. The fraction of sp³-hybridized carbons (Fsp3) is 0.394. The van der Waals surface area contributed by atoms with E-state index in [0.717, 1.165) is 108 Å². The van der Waals surface area contributed by atoms with Gasteiger partial charge in [-0.3, -0.25) is 19.9 Å². The van der Waals surface area contributed by atoms with E-state index in [2.05, 4.69) is 209 Å². The fourth-order valence-electron chi connectivity index (χ4n) is 10.4. The van der Waals surface area contributed by atoms with Gasteiger partial charge in [0.1, 0.15) is 47.0 Å². The van der Waals surface area contributed by atoms with Crippen molar-refractivity contribution in [3.8, 4) is 0 Å². The Bertz CT molecular complexity index is 4510. The molecule has 119 heavy (non-hydrogen) atoms. The maximum Gasteiger partial charge on any atom is 0.129 e. The molecule has 0 amide bonds. The van der Waals surface area contributed by atoms with Crippen molar-refractivity contribution in [2.24, 2.45) is 0 Å². The number of aromatic nitrogens is 13. The van der Waals surface area contributed by atoms with Crippen LogP contribution in [-0.2, 0) is 0 Å². The summed E-state index contributed by atoms with van der Waals surface area (Å²) in [6.45, 7) is 81.7. The van der Waals surface area contributed by atoms with Gasteiger partial charge in [-0.05, 0) is 239 Å². The summed E-state index contributed by atoms with van der Waals surface area (Å²) in [5, 5.41) is 10.3. The highest BCUT2D eigenvalue weighted by atomic mass is 32.1. The Hall–Kier alpha value is -10.8. The van der Waals surface area contributed by atoms with Crippen LogP contribution in [0.3, 0.4) is 0 Å². The van der Waals surface area contributed by atoms with E-state index in [1.54, 1.807) is 24.9 Å². The molecule has 0 N–H and O–H groups in total. The Kier molecular flexibility index (Phi) is 71.1. The van der Waals surface area contributed by atoms with Gasteiger partial charge in [-0.25, -0.2) is 44.9 Å². The molecule has 0 saturated heterocycles. The second kappa shape index (κ2) is 72.5. The number of furan rings is 1. The number of hydrogen-bond donors (Lipinski definition) is 0. The molecule has 0 fully saturated rings. The van der Waals surface area contributed by atoms with Gasteiger partial charge in [-0.15, -0.1) is 11.3 Å². The van der Waals surface area contributed by atoms with E-state index in [1.807, 2.05) is 320 Å². The number of benzene rings is 6. The van der Waals surface area contributed by atoms with Crippen LogP contribution in [0.15, 0.2) is 199 Å². The van der Waals surface area contributed by atoms with E-state index in [-0.39, 0.29) is 0 Å². The molecule has 15 heteroatoms. The zero-order chi connectivity index (χ0) is 92.1. The number of fused-ring (bicyclic) bond motifs is 6. The second-order valence-corrected chi connectivity index (χ2v) is 25.7. The van der Waals surface area contributed by atoms with Gasteiger partial charge in [0.15, 0.2) is 0 Å². The first-order valence-corrected chi connectivity index (χ1v) is 43.7. The molecule has 0 radical (unpaired) electrons. The van der Waals surface area contributed by atoms with E-state index in [4.69, 9.17) is 4.42 Å². The SMILES string of the molecule is CC.CC.CC.CC.CC.CC.CC.CC.CC.CC.Cc1cc(C)c2ccccc2n1.Cc1cc(C)ncn1.Cc1cc2ccccc2c(C)n1.Cc1ccc(C)o1.Cc1ccc(C)s1.Cc1ccc2c(ccc3cc(C)ccc32)c1.Cc1ccnc(C)n1.Cc1cncc(C)n1.Cc1nc(C)c2ccccc2n1.Cc1nc(C)nc(C)n1. The van der Waals surface area contributed by atoms with Crippen molar-refractivity contribution in [3.63, 3.8) is 0 Å². The number of nitrogens with zero attached hydrogens (tertiary/aromatic N) is 13. The average Bonchev–Trinajstić information content (AvgIpc) is 0.821. The van der Waals surface area contributed by atoms with Crippen LogP contribution in [-0.4, -0.2) is 64.8 Å². The van der Waals surface area contributed by atoms with Crippen LogP contribution in [0.4, 0.5) is 0 Å². The minimum atomic E-state index is 0.792. The molecule has 15 aromatic rings. The smallest absolute Gasteiger partial charge is 0.129 e. The van der Waals surface area contributed by atoms with Gasteiger partial charge in [0.25, 0.3) is 0 Å². The van der Waals surface area contributed by atoms with Crippen molar-refractivity contribution < 1.29 is 4.42 Å². The molecule has 0 aliphatic rings. The monoisotopic (exact) mass is 1630 g/mol. The van der Waals surface area contributed by atoms with Crippen molar-refractivity contribution in [2.45, 2.75) is 284 Å². The number of thiophene rings is 1. The van der Waals surface area contributed by atoms with Gasteiger partial charge in [-0.2, -0.15) is 0 Å². The molecule has 0 saturated carbocycles. The highest BCUT2D eigenvalue weighted by Crippen LogP contribution is 2.27. The van der Waals surface area contributed by atoms with E-state index >= 15 is 0 Å². The average molecular weight is 1640 g/mol. The molecular weight excluding hydrogens is 1480 g/mol. The lowest BCUT2D eigenvalue weighted by Crippen LogP contribution is -1.97. The van der Waals surface area contributed by atoms with Crippen LogP contribution in [0.2, 0.25) is 0 Å². The van der Waals surface area contributed by atoms with Gasteiger partial charge >= 0.3 is 0 Å². The lowest BCUT2D eigenvalue weighted by molar-refractivity contribution is 0.504. The van der Waals surface area contributed by atoms with E-state index in [0.29, 0.717) is 0 Å². The summed E-state index contributed by atoms with van der Waals surface area (Å²) in [5.41, 5.74) is 15.4. The quantitative estimate of drug-likeness (QED) is 0.131. The van der Waals surface area contributed by atoms with E-state index in [1.165, 1.54) is 64.1 Å². The first kappa shape index (κ1) is 117. The first-order chi connectivity index (χ1) is 57.2. The van der Waals surface area contributed by atoms with Crippen LogP contribution in [0.5, 0.6) is 0 Å². The number of hydrogen-bond acceptors (Lipinski definition) is 15. The van der Waals surface area contributed by atoms with Crippen LogP contribution >= 0.6 is 11.3 Å². The molecule has 648 valence electrons.